The Morgan fingerprint density at radius 3 is 2.48 bits per heavy atom. The average molecular weight is 315 g/mol. The van der Waals surface area contributed by atoms with Crippen molar-refractivity contribution in [1.29, 1.82) is 0 Å². The third kappa shape index (κ3) is 6.20. The van der Waals surface area contributed by atoms with Gasteiger partial charge >= 0.3 is 0 Å². The number of aryl methyl sites for hydroxylation is 1. The molecule has 1 aromatic heterocycles. The highest BCUT2D eigenvalue weighted by molar-refractivity contribution is 7.89. The van der Waals surface area contributed by atoms with Gasteiger partial charge in [0.2, 0.25) is 10.0 Å². The van der Waals surface area contributed by atoms with Gasteiger partial charge in [0.1, 0.15) is 0 Å². The molecule has 6 heteroatoms. The summed E-state index contributed by atoms with van der Waals surface area (Å²) in [6.45, 7) is 5.28. The lowest BCUT2D eigenvalue weighted by molar-refractivity contribution is 0.517. The van der Waals surface area contributed by atoms with Crippen LogP contribution in [0.4, 0.5) is 0 Å². The lowest BCUT2D eigenvalue weighted by Gasteiger charge is -2.06. The summed E-state index contributed by atoms with van der Waals surface area (Å²) in [5, 5.41) is 0. The highest BCUT2D eigenvalue weighted by atomic mass is 32.2. The first-order valence-corrected chi connectivity index (χ1v) is 9.20. The van der Waals surface area contributed by atoms with Crippen LogP contribution in [-0.2, 0) is 23.6 Å². The second-order valence-corrected chi connectivity index (χ2v) is 7.74. The summed E-state index contributed by atoms with van der Waals surface area (Å²) in [5.74, 6) is 0.748. The molecule has 3 N–H and O–H groups in total. The number of rotatable bonds is 10. The van der Waals surface area contributed by atoms with Crippen LogP contribution < -0.4 is 10.5 Å². The van der Waals surface area contributed by atoms with E-state index in [4.69, 9.17) is 5.73 Å². The van der Waals surface area contributed by atoms with Gasteiger partial charge in [-0.2, -0.15) is 0 Å². The van der Waals surface area contributed by atoms with E-state index in [0.29, 0.717) is 18.0 Å². The van der Waals surface area contributed by atoms with Gasteiger partial charge in [-0.3, -0.25) is 0 Å². The number of nitrogens with zero attached hydrogens (tertiary/aromatic N) is 1. The van der Waals surface area contributed by atoms with Crippen LogP contribution in [0.15, 0.2) is 17.2 Å². The van der Waals surface area contributed by atoms with Crippen molar-refractivity contribution in [3.05, 3.63) is 18.0 Å². The van der Waals surface area contributed by atoms with Crippen molar-refractivity contribution < 1.29 is 8.42 Å². The van der Waals surface area contributed by atoms with Crippen LogP contribution in [0.3, 0.4) is 0 Å². The van der Waals surface area contributed by atoms with Crippen molar-refractivity contribution in [3.63, 3.8) is 0 Å². The summed E-state index contributed by atoms with van der Waals surface area (Å²) in [4.78, 5) is 0.297. The molecule has 0 unspecified atom stereocenters. The quantitative estimate of drug-likeness (QED) is 0.651. The van der Waals surface area contributed by atoms with Crippen molar-refractivity contribution in [2.75, 3.05) is 6.54 Å². The number of nitrogens with two attached hydrogens (primary N) is 1. The molecule has 0 bridgehead atoms. The summed E-state index contributed by atoms with van der Waals surface area (Å²) in [5.41, 5.74) is 6.37. The molecule has 21 heavy (non-hydrogen) atoms. The van der Waals surface area contributed by atoms with E-state index in [9.17, 15) is 8.42 Å². The van der Waals surface area contributed by atoms with Crippen molar-refractivity contribution in [2.45, 2.75) is 57.4 Å². The van der Waals surface area contributed by atoms with E-state index in [0.717, 1.165) is 24.5 Å². The molecule has 0 saturated carbocycles. The van der Waals surface area contributed by atoms with Crippen molar-refractivity contribution in [3.8, 4) is 0 Å². The van der Waals surface area contributed by atoms with Gasteiger partial charge in [-0.25, -0.2) is 13.1 Å². The molecule has 1 heterocycles. The van der Waals surface area contributed by atoms with E-state index in [1.807, 2.05) is 0 Å². The summed E-state index contributed by atoms with van der Waals surface area (Å²) >= 11 is 0. The predicted molar refractivity (Wildman–Crippen MR) is 86.4 cm³/mol. The number of sulfonamides is 1. The minimum atomic E-state index is -3.40. The highest BCUT2D eigenvalue weighted by Crippen LogP contribution is 2.13. The second-order valence-electron chi connectivity index (χ2n) is 5.98. The zero-order valence-corrected chi connectivity index (χ0v) is 14.2. The topological polar surface area (TPSA) is 77.1 Å². The Balaban J connectivity index is 2.33. The first-order valence-electron chi connectivity index (χ1n) is 7.71. The minimum Gasteiger partial charge on any atom is -0.352 e. The molecule has 5 nitrogen and oxygen atoms in total. The van der Waals surface area contributed by atoms with Crippen molar-refractivity contribution in [1.82, 2.24) is 9.29 Å². The van der Waals surface area contributed by atoms with Crippen LogP contribution in [-0.4, -0.2) is 19.5 Å². The lowest BCUT2D eigenvalue weighted by atomic mass is 10.0. The second kappa shape index (κ2) is 8.56. The van der Waals surface area contributed by atoms with Gasteiger partial charge in [0.05, 0.1) is 4.90 Å². The number of hydrogen-bond acceptors (Lipinski definition) is 3. The van der Waals surface area contributed by atoms with Gasteiger partial charge in [0.25, 0.3) is 0 Å². The zero-order valence-electron chi connectivity index (χ0n) is 13.4. The van der Waals surface area contributed by atoms with Crippen LogP contribution in [0.5, 0.6) is 0 Å². The SMILES string of the molecule is CC(C)CCCCCCNS(=O)(=O)c1cc(CN)n(C)c1. The van der Waals surface area contributed by atoms with Crippen molar-refractivity contribution >= 4 is 10.0 Å². The van der Waals surface area contributed by atoms with E-state index in [2.05, 4.69) is 18.6 Å². The molecule has 0 fully saturated rings. The Hall–Kier alpha value is -0.850. The fourth-order valence-corrected chi connectivity index (χ4v) is 3.42. The van der Waals surface area contributed by atoms with Gasteiger partial charge < -0.3 is 10.3 Å². The normalized spacial score (nSPS) is 12.2. The third-order valence-electron chi connectivity index (χ3n) is 3.60. The third-order valence-corrected chi connectivity index (χ3v) is 5.03. The summed E-state index contributed by atoms with van der Waals surface area (Å²) in [6.07, 6.45) is 7.20. The maximum atomic E-state index is 12.1. The molecule has 0 atom stereocenters. The smallest absolute Gasteiger partial charge is 0.242 e. The van der Waals surface area contributed by atoms with Crippen LogP contribution in [0.1, 0.15) is 51.6 Å². The Bertz CT molecular complexity index is 521. The van der Waals surface area contributed by atoms with Gasteiger partial charge in [0, 0.05) is 32.0 Å². The first kappa shape index (κ1) is 18.2. The lowest BCUT2D eigenvalue weighted by Crippen LogP contribution is -2.24. The molecule has 0 saturated heterocycles. The van der Waals surface area contributed by atoms with Gasteiger partial charge in [-0.15, -0.1) is 0 Å². The Morgan fingerprint density at radius 2 is 1.90 bits per heavy atom. The number of nitrogens with one attached hydrogen (secondary N) is 1. The van der Waals surface area contributed by atoms with Crippen LogP contribution >= 0.6 is 0 Å². The van der Waals surface area contributed by atoms with Crippen LogP contribution in [0, 0.1) is 5.92 Å². The molecule has 0 aliphatic heterocycles. The number of hydrogen-bond donors (Lipinski definition) is 2. The van der Waals surface area contributed by atoms with Gasteiger partial charge in [-0.1, -0.05) is 39.5 Å². The molecule has 0 amide bonds. The number of aromatic nitrogens is 1. The first-order chi connectivity index (χ1) is 9.86. The zero-order chi connectivity index (χ0) is 15.9. The van der Waals surface area contributed by atoms with Gasteiger partial charge in [-0.05, 0) is 18.4 Å². The Kier molecular flexibility index (Phi) is 7.42. The molecule has 122 valence electrons. The molecule has 0 aliphatic rings. The fraction of sp³-hybridized carbons (Fsp3) is 0.733. The molecular formula is C15H29N3O2S. The fourth-order valence-electron chi connectivity index (χ4n) is 2.25. The summed E-state index contributed by atoms with van der Waals surface area (Å²) in [7, 11) is -1.60. The number of unbranched alkanes of at least 4 members (excludes halogenated alkanes) is 3. The molecule has 0 aromatic carbocycles. The van der Waals surface area contributed by atoms with Crippen molar-refractivity contribution in [2.24, 2.45) is 18.7 Å². The molecule has 0 aliphatic carbocycles. The van der Waals surface area contributed by atoms with E-state index in [1.165, 1.54) is 19.3 Å². The minimum absolute atomic E-state index is 0.297. The van der Waals surface area contributed by atoms with E-state index >= 15 is 0 Å². The molecule has 1 rings (SSSR count). The summed E-state index contributed by atoms with van der Waals surface area (Å²) < 4.78 is 28.7. The predicted octanol–water partition coefficient (Wildman–Crippen LogP) is 2.37. The average Bonchev–Trinajstić information content (AvgIpc) is 2.79. The Morgan fingerprint density at radius 1 is 1.24 bits per heavy atom. The van der Waals surface area contributed by atoms with E-state index < -0.39 is 10.0 Å². The maximum Gasteiger partial charge on any atom is 0.242 e. The monoisotopic (exact) mass is 315 g/mol. The standard InChI is InChI=1S/C15H29N3O2S/c1-13(2)8-6-4-5-7-9-17-21(19,20)15-10-14(11-16)18(3)12-15/h10,12-13,17H,4-9,11,16H2,1-3H3. The van der Waals surface area contributed by atoms with Crippen LogP contribution in [0.2, 0.25) is 0 Å². The summed E-state index contributed by atoms with van der Waals surface area (Å²) in [6, 6.07) is 1.63. The molecule has 0 spiro atoms. The molecule has 0 radical (unpaired) electrons. The van der Waals surface area contributed by atoms with Crippen LogP contribution in [0.25, 0.3) is 0 Å². The van der Waals surface area contributed by atoms with E-state index in [1.54, 1.807) is 23.9 Å². The highest BCUT2D eigenvalue weighted by Gasteiger charge is 2.16. The van der Waals surface area contributed by atoms with E-state index in [-0.39, 0.29) is 0 Å². The van der Waals surface area contributed by atoms with Gasteiger partial charge in [0.15, 0.2) is 0 Å². The maximum absolute atomic E-state index is 12.1. The molecular weight excluding hydrogens is 286 g/mol. The Labute approximate surface area is 129 Å². The largest absolute Gasteiger partial charge is 0.352 e. The molecule has 1 aromatic rings.